The fourth-order valence-electron chi connectivity index (χ4n) is 3.54. The fourth-order valence-corrected chi connectivity index (χ4v) is 3.54. The second-order valence-corrected chi connectivity index (χ2v) is 6.77. The highest BCUT2D eigenvalue weighted by molar-refractivity contribution is 6.14. The highest BCUT2D eigenvalue weighted by Gasteiger charge is 2.21. The third-order valence-electron chi connectivity index (χ3n) is 4.98. The summed E-state index contributed by atoms with van der Waals surface area (Å²) in [6, 6.07) is 27.7. The maximum absolute atomic E-state index is 13.6. The summed E-state index contributed by atoms with van der Waals surface area (Å²) in [5.41, 5.74) is 5.34. The number of para-hydroxylation sites is 2. The maximum Gasteiger partial charge on any atom is 0.259 e. The van der Waals surface area contributed by atoms with Gasteiger partial charge < -0.3 is 4.90 Å². The van der Waals surface area contributed by atoms with Crippen LogP contribution in [0.5, 0.6) is 0 Å². The van der Waals surface area contributed by atoms with E-state index in [1.54, 1.807) is 0 Å². The minimum atomic E-state index is -0.00687. The van der Waals surface area contributed by atoms with Crippen molar-refractivity contribution in [1.29, 1.82) is 0 Å². The predicted molar refractivity (Wildman–Crippen MR) is 116 cm³/mol. The van der Waals surface area contributed by atoms with Crippen LogP contribution in [0.4, 0.5) is 5.69 Å². The van der Waals surface area contributed by atoms with Crippen LogP contribution < -0.4 is 4.90 Å². The number of pyridine rings is 1. The molecule has 3 aromatic carbocycles. The van der Waals surface area contributed by atoms with Crippen LogP contribution in [0.3, 0.4) is 0 Å². The van der Waals surface area contributed by atoms with E-state index in [2.05, 4.69) is 0 Å². The van der Waals surface area contributed by atoms with E-state index in [9.17, 15) is 4.79 Å². The molecule has 0 radical (unpaired) electrons. The average Bonchev–Trinajstić information content (AvgIpc) is 2.75. The lowest BCUT2D eigenvalue weighted by atomic mass is 10.0. The van der Waals surface area contributed by atoms with E-state index in [0.717, 1.165) is 33.4 Å². The molecule has 0 bridgehead atoms. The van der Waals surface area contributed by atoms with Gasteiger partial charge in [-0.15, -0.1) is 0 Å². The quantitative estimate of drug-likeness (QED) is 0.452. The maximum atomic E-state index is 13.6. The van der Waals surface area contributed by atoms with Gasteiger partial charge in [0.1, 0.15) is 0 Å². The van der Waals surface area contributed by atoms with Gasteiger partial charge in [0.25, 0.3) is 5.91 Å². The number of aryl methyl sites for hydroxylation is 1. The smallest absolute Gasteiger partial charge is 0.259 e. The number of aromatic nitrogens is 1. The Morgan fingerprint density at radius 1 is 0.893 bits per heavy atom. The molecule has 0 atom stereocenters. The lowest BCUT2D eigenvalue weighted by Crippen LogP contribution is -2.31. The lowest BCUT2D eigenvalue weighted by molar-refractivity contribution is 0.0989. The van der Waals surface area contributed by atoms with Gasteiger partial charge in [0.2, 0.25) is 0 Å². The molecule has 0 aliphatic carbocycles. The van der Waals surface area contributed by atoms with Gasteiger partial charge in [-0.1, -0.05) is 66.7 Å². The van der Waals surface area contributed by atoms with Crippen LogP contribution in [0.25, 0.3) is 22.2 Å². The second kappa shape index (κ2) is 7.65. The highest BCUT2D eigenvalue weighted by Crippen LogP contribution is 2.28. The standard InChI is InChI=1S/C25H22N2O/c1-3-27(24-16-10-7-11-18(24)2)25(28)21-17-23(19-12-5-4-6-13-19)26-22-15-9-8-14-20(21)22/h4-17H,3H2,1-2H3. The van der Waals surface area contributed by atoms with Gasteiger partial charge in [0, 0.05) is 23.2 Å². The molecular formula is C25H22N2O. The van der Waals surface area contributed by atoms with Crippen molar-refractivity contribution < 1.29 is 4.79 Å². The summed E-state index contributed by atoms with van der Waals surface area (Å²) < 4.78 is 0. The van der Waals surface area contributed by atoms with Crippen LogP contribution in [0, 0.1) is 6.92 Å². The minimum Gasteiger partial charge on any atom is -0.308 e. The molecule has 0 saturated carbocycles. The third kappa shape index (κ3) is 3.27. The van der Waals surface area contributed by atoms with Crippen molar-refractivity contribution in [1.82, 2.24) is 4.98 Å². The first kappa shape index (κ1) is 17.9. The van der Waals surface area contributed by atoms with E-state index >= 15 is 0 Å². The van der Waals surface area contributed by atoms with Crippen molar-refractivity contribution in [3.05, 3.63) is 96.1 Å². The molecule has 0 unspecified atom stereocenters. The Morgan fingerprint density at radius 2 is 1.57 bits per heavy atom. The Bertz CT molecular complexity index is 1140. The molecule has 0 aliphatic heterocycles. The first-order valence-electron chi connectivity index (χ1n) is 9.51. The van der Waals surface area contributed by atoms with Crippen LogP contribution >= 0.6 is 0 Å². The van der Waals surface area contributed by atoms with Gasteiger partial charge in [0.05, 0.1) is 16.8 Å². The van der Waals surface area contributed by atoms with E-state index in [0.29, 0.717) is 12.1 Å². The van der Waals surface area contributed by atoms with Gasteiger partial charge in [-0.2, -0.15) is 0 Å². The van der Waals surface area contributed by atoms with E-state index in [4.69, 9.17) is 4.98 Å². The summed E-state index contributed by atoms with van der Waals surface area (Å²) in [7, 11) is 0. The van der Waals surface area contributed by atoms with Crippen LogP contribution in [-0.4, -0.2) is 17.4 Å². The topological polar surface area (TPSA) is 33.2 Å². The molecule has 1 heterocycles. The molecule has 1 amide bonds. The molecule has 4 rings (SSSR count). The molecule has 0 N–H and O–H groups in total. The number of hydrogen-bond acceptors (Lipinski definition) is 2. The zero-order valence-electron chi connectivity index (χ0n) is 16.1. The van der Waals surface area contributed by atoms with E-state index in [1.807, 2.05) is 104 Å². The monoisotopic (exact) mass is 366 g/mol. The van der Waals surface area contributed by atoms with Crippen molar-refractivity contribution in [3.63, 3.8) is 0 Å². The highest BCUT2D eigenvalue weighted by atomic mass is 16.2. The molecule has 0 aliphatic rings. The Morgan fingerprint density at radius 3 is 2.32 bits per heavy atom. The van der Waals surface area contributed by atoms with Crippen molar-refractivity contribution in [2.75, 3.05) is 11.4 Å². The zero-order chi connectivity index (χ0) is 19.5. The molecule has 0 saturated heterocycles. The lowest BCUT2D eigenvalue weighted by Gasteiger charge is -2.24. The number of carbonyl (C=O) groups excluding carboxylic acids is 1. The Labute approximate surface area is 165 Å². The van der Waals surface area contributed by atoms with Gasteiger partial charge >= 0.3 is 0 Å². The summed E-state index contributed by atoms with van der Waals surface area (Å²) >= 11 is 0. The number of carbonyl (C=O) groups is 1. The first-order chi connectivity index (χ1) is 13.7. The van der Waals surface area contributed by atoms with Crippen LogP contribution in [0.1, 0.15) is 22.8 Å². The molecular weight excluding hydrogens is 344 g/mol. The molecule has 4 aromatic rings. The van der Waals surface area contributed by atoms with Crippen molar-refractivity contribution in [2.45, 2.75) is 13.8 Å². The molecule has 1 aromatic heterocycles. The molecule has 0 spiro atoms. The molecule has 3 heteroatoms. The second-order valence-electron chi connectivity index (χ2n) is 6.77. The Balaban J connectivity index is 1.89. The van der Waals surface area contributed by atoms with Crippen LogP contribution in [0.15, 0.2) is 84.9 Å². The molecule has 0 fully saturated rings. The van der Waals surface area contributed by atoms with Gasteiger partial charge in [-0.25, -0.2) is 4.98 Å². The summed E-state index contributed by atoms with van der Waals surface area (Å²) in [5, 5.41) is 0.874. The SMILES string of the molecule is CCN(C(=O)c1cc(-c2ccccc2)nc2ccccc12)c1ccccc1C. The van der Waals surface area contributed by atoms with Crippen molar-refractivity contribution >= 4 is 22.5 Å². The molecule has 3 nitrogen and oxygen atoms in total. The van der Waals surface area contributed by atoms with E-state index < -0.39 is 0 Å². The number of anilines is 1. The number of hydrogen-bond donors (Lipinski definition) is 0. The van der Waals surface area contributed by atoms with Gasteiger partial charge in [-0.05, 0) is 37.6 Å². The van der Waals surface area contributed by atoms with Crippen LogP contribution in [0.2, 0.25) is 0 Å². The molecule has 138 valence electrons. The van der Waals surface area contributed by atoms with Crippen molar-refractivity contribution in [2.24, 2.45) is 0 Å². The van der Waals surface area contributed by atoms with E-state index in [-0.39, 0.29) is 5.91 Å². The summed E-state index contributed by atoms with van der Waals surface area (Å²) in [6.45, 7) is 4.64. The average molecular weight is 366 g/mol. The molecule has 28 heavy (non-hydrogen) atoms. The van der Waals surface area contributed by atoms with Gasteiger partial charge in [0.15, 0.2) is 0 Å². The van der Waals surface area contributed by atoms with E-state index in [1.165, 1.54) is 0 Å². The summed E-state index contributed by atoms with van der Waals surface area (Å²) in [4.78, 5) is 20.3. The fraction of sp³-hybridized carbons (Fsp3) is 0.120. The normalized spacial score (nSPS) is 10.8. The number of benzene rings is 3. The Hall–Kier alpha value is -3.46. The number of nitrogens with zero attached hydrogens (tertiary/aromatic N) is 2. The number of amides is 1. The largest absolute Gasteiger partial charge is 0.308 e. The van der Waals surface area contributed by atoms with Crippen LogP contribution in [-0.2, 0) is 0 Å². The van der Waals surface area contributed by atoms with Gasteiger partial charge in [-0.3, -0.25) is 4.79 Å². The minimum absolute atomic E-state index is 0.00687. The predicted octanol–water partition coefficient (Wildman–Crippen LogP) is 5.88. The Kier molecular flexibility index (Phi) is 4.90. The van der Waals surface area contributed by atoms with Crippen molar-refractivity contribution in [3.8, 4) is 11.3 Å². The zero-order valence-corrected chi connectivity index (χ0v) is 16.1. The number of rotatable bonds is 4. The number of fused-ring (bicyclic) bond motifs is 1. The summed E-state index contributed by atoms with van der Waals surface area (Å²) in [5.74, 6) is -0.00687. The first-order valence-corrected chi connectivity index (χ1v) is 9.51. The third-order valence-corrected chi connectivity index (χ3v) is 4.98. The summed E-state index contributed by atoms with van der Waals surface area (Å²) in [6.07, 6.45) is 0.